The monoisotopic (exact) mass is 551 g/mol. The standard InChI is InChI=1S/C29H34FN5O5/c30-24-16-20(3-4-22(24)15-23(18-31)33-28(36)27-19-32-7-1-2-12-39-27)21-5-6-26-25(17-21)35(29(37)40-26)9-8-34-10-13-38-14-11-34/h3-6,16-17,23,27,32H,1-2,7-15,19H2,(H,33,36). The Balaban J connectivity index is 1.27. The van der Waals surface area contributed by atoms with Gasteiger partial charge in [-0.3, -0.25) is 14.3 Å². The molecule has 40 heavy (non-hydrogen) atoms. The Morgan fingerprint density at radius 1 is 1.12 bits per heavy atom. The van der Waals surface area contributed by atoms with E-state index in [1.54, 1.807) is 28.8 Å². The van der Waals surface area contributed by atoms with Gasteiger partial charge in [-0.15, -0.1) is 0 Å². The van der Waals surface area contributed by atoms with Gasteiger partial charge in [0.25, 0.3) is 5.91 Å². The van der Waals surface area contributed by atoms with Crippen molar-refractivity contribution in [3.63, 3.8) is 0 Å². The summed E-state index contributed by atoms with van der Waals surface area (Å²) in [4.78, 5) is 27.4. The molecule has 10 nitrogen and oxygen atoms in total. The molecule has 1 amide bonds. The van der Waals surface area contributed by atoms with Crippen LogP contribution in [-0.2, 0) is 27.2 Å². The third kappa shape index (κ3) is 6.77. The average Bonchev–Trinajstić information content (AvgIpc) is 3.26. The molecule has 2 aromatic carbocycles. The maximum absolute atomic E-state index is 15.2. The number of hydrogen-bond acceptors (Lipinski definition) is 8. The maximum atomic E-state index is 15.2. The number of carbonyl (C=O) groups is 1. The summed E-state index contributed by atoms with van der Waals surface area (Å²) >= 11 is 0. The molecular formula is C29H34FN5O5. The van der Waals surface area contributed by atoms with Crippen LogP contribution in [0.5, 0.6) is 0 Å². The molecule has 2 saturated heterocycles. The van der Waals surface area contributed by atoms with Gasteiger partial charge in [0.05, 0.1) is 24.8 Å². The number of hydrogen-bond donors (Lipinski definition) is 2. The van der Waals surface area contributed by atoms with Gasteiger partial charge in [0.1, 0.15) is 18.0 Å². The van der Waals surface area contributed by atoms with Crippen molar-refractivity contribution in [2.75, 3.05) is 52.5 Å². The fourth-order valence-electron chi connectivity index (χ4n) is 5.06. The molecule has 0 bridgehead atoms. The van der Waals surface area contributed by atoms with E-state index in [-0.39, 0.29) is 12.3 Å². The van der Waals surface area contributed by atoms with Gasteiger partial charge in [0, 0.05) is 45.8 Å². The molecule has 5 rings (SSSR count). The zero-order valence-electron chi connectivity index (χ0n) is 22.4. The number of nitrogens with one attached hydrogen (secondary N) is 2. The maximum Gasteiger partial charge on any atom is 0.419 e. The highest BCUT2D eigenvalue weighted by Gasteiger charge is 2.24. The highest BCUT2D eigenvalue weighted by molar-refractivity contribution is 5.82. The van der Waals surface area contributed by atoms with Crippen LogP contribution in [0, 0.1) is 17.1 Å². The van der Waals surface area contributed by atoms with E-state index in [2.05, 4.69) is 21.6 Å². The molecule has 3 heterocycles. The number of fused-ring (bicyclic) bond motifs is 1. The minimum absolute atomic E-state index is 0.0242. The van der Waals surface area contributed by atoms with E-state index in [9.17, 15) is 14.9 Å². The molecule has 0 aliphatic carbocycles. The molecule has 3 aromatic rings. The number of halogens is 1. The van der Waals surface area contributed by atoms with Gasteiger partial charge in [-0.1, -0.05) is 18.2 Å². The third-order valence-corrected chi connectivity index (χ3v) is 7.38. The molecule has 2 fully saturated rings. The van der Waals surface area contributed by atoms with Crippen molar-refractivity contribution in [1.82, 2.24) is 20.1 Å². The van der Waals surface area contributed by atoms with Gasteiger partial charge in [0.2, 0.25) is 0 Å². The van der Waals surface area contributed by atoms with Gasteiger partial charge >= 0.3 is 5.76 Å². The summed E-state index contributed by atoms with van der Waals surface area (Å²) in [6, 6.07) is 11.3. The molecule has 2 N–H and O–H groups in total. The molecule has 0 spiro atoms. The lowest BCUT2D eigenvalue weighted by Gasteiger charge is -2.26. The molecule has 0 saturated carbocycles. The molecular weight excluding hydrogens is 517 g/mol. The predicted molar refractivity (Wildman–Crippen MR) is 146 cm³/mol. The Bertz CT molecular complexity index is 1420. The SMILES string of the molecule is N#CC(Cc1ccc(-c2ccc3oc(=O)n(CCN4CCOCC4)c3c2)cc1F)NC(=O)C1CNCCCCO1. The zero-order valence-corrected chi connectivity index (χ0v) is 22.4. The van der Waals surface area contributed by atoms with Crippen LogP contribution in [-0.4, -0.2) is 80.1 Å². The largest absolute Gasteiger partial charge is 0.419 e. The van der Waals surface area contributed by atoms with Crippen LogP contribution in [0.3, 0.4) is 0 Å². The van der Waals surface area contributed by atoms with Crippen molar-refractivity contribution in [2.45, 2.75) is 38.0 Å². The molecule has 2 atom stereocenters. The lowest BCUT2D eigenvalue weighted by molar-refractivity contribution is -0.133. The van der Waals surface area contributed by atoms with E-state index in [1.807, 2.05) is 6.07 Å². The first-order valence-corrected chi connectivity index (χ1v) is 13.8. The number of morpholine rings is 1. The molecule has 1 aromatic heterocycles. The van der Waals surface area contributed by atoms with Crippen molar-refractivity contribution >= 4 is 17.0 Å². The van der Waals surface area contributed by atoms with Crippen molar-refractivity contribution in [3.05, 3.63) is 58.3 Å². The number of rotatable bonds is 8. The Hall–Kier alpha value is -3.56. The molecule has 11 heteroatoms. The quantitative estimate of drug-likeness (QED) is 0.436. The summed E-state index contributed by atoms with van der Waals surface area (Å²) in [7, 11) is 0. The summed E-state index contributed by atoms with van der Waals surface area (Å²) in [6.45, 7) is 5.86. The highest BCUT2D eigenvalue weighted by atomic mass is 19.1. The van der Waals surface area contributed by atoms with Gasteiger partial charge in [-0.2, -0.15) is 5.26 Å². The number of carbonyl (C=O) groups excluding carboxylic acids is 1. The van der Waals surface area contributed by atoms with E-state index >= 15 is 4.39 Å². The Labute approximate surface area is 231 Å². The van der Waals surface area contributed by atoms with Crippen LogP contribution >= 0.6 is 0 Å². The summed E-state index contributed by atoms with van der Waals surface area (Å²) in [5.41, 5.74) is 2.81. The number of aromatic nitrogens is 1. The second kappa shape index (κ2) is 13.2. The smallest absolute Gasteiger partial charge is 0.408 e. The third-order valence-electron chi connectivity index (χ3n) is 7.38. The van der Waals surface area contributed by atoms with Gasteiger partial charge in [0.15, 0.2) is 5.58 Å². The Kier molecular flexibility index (Phi) is 9.23. The number of nitriles is 1. The first-order valence-electron chi connectivity index (χ1n) is 13.8. The van der Waals surface area contributed by atoms with Gasteiger partial charge in [-0.25, -0.2) is 9.18 Å². The molecule has 2 unspecified atom stereocenters. The molecule has 0 radical (unpaired) electrons. The summed E-state index contributed by atoms with van der Waals surface area (Å²) < 4.78 is 33.2. The fraction of sp³-hybridized carbons (Fsp3) is 0.483. The number of amides is 1. The highest BCUT2D eigenvalue weighted by Crippen LogP contribution is 2.26. The van der Waals surface area contributed by atoms with Crippen molar-refractivity contribution in [3.8, 4) is 17.2 Å². The molecule has 212 valence electrons. The van der Waals surface area contributed by atoms with E-state index in [1.165, 1.54) is 6.07 Å². The second-order valence-electron chi connectivity index (χ2n) is 10.1. The zero-order chi connectivity index (χ0) is 27.9. The summed E-state index contributed by atoms with van der Waals surface area (Å²) in [5.74, 6) is -1.29. The summed E-state index contributed by atoms with van der Waals surface area (Å²) in [6.07, 6.45) is 1.17. The topological polar surface area (TPSA) is 122 Å². The summed E-state index contributed by atoms with van der Waals surface area (Å²) in [5, 5.41) is 15.5. The van der Waals surface area contributed by atoms with Crippen LogP contribution in [0.1, 0.15) is 18.4 Å². The number of ether oxygens (including phenoxy) is 2. The minimum atomic E-state index is -0.898. The van der Waals surface area contributed by atoms with Crippen molar-refractivity contribution in [1.29, 1.82) is 5.26 Å². The van der Waals surface area contributed by atoms with Crippen molar-refractivity contribution in [2.24, 2.45) is 0 Å². The second-order valence-corrected chi connectivity index (χ2v) is 10.1. The van der Waals surface area contributed by atoms with E-state index < -0.39 is 23.7 Å². The Morgan fingerprint density at radius 3 is 2.73 bits per heavy atom. The minimum Gasteiger partial charge on any atom is -0.408 e. The predicted octanol–water partition coefficient (Wildman–Crippen LogP) is 2.05. The number of oxazole rings is 1. The van der Waals surface area contributed by atoms with Crippen LogP contribution in [0.15, 0.2) is 45.6 Å². The Morgan fingerprint density at radius 2 is 1.93 bits per heavy atom. The number of nitrogens with zero attached hydrogens (tertiary/aromatic N) is 3. The molecule has 2 aliphatic heterocycles. The fourth-order valence-corrected chi connectivity index (χ4v) is 5.06. The first-order chi connectivity index (χ1) is 19.5. The average molecular weight is 552 g/mol. The van der Waals surface area contributed by atoms with Gasteiger partial charge < -0.3 is 24.5 Å². The molecule has 2 aliphatic rings. The van der Waals surface area contributed by atoms with Crippen LogP contribution in [0.4, 0.5) is 4.39 Å². The van der Waals surface area contributed by atoms with Crippen LogP contribution in [0.2, 0.25) is 0 Å². The number of benzene rings is 2. The van der Waals surface area contributed by atoms with Crippen LogP contribution in [0.25, 0.3) is 22.2 Å². The first kappa shape index (κ1) is 28.0. The van der Waals surface area contributed by atoms with E-state index in [0.717, 1.165) is 38.0 Å². The van der Waals surface area contributed by atoms with E-state index in [4.69, 9.17) is 13.9 Å². The van der Waals surface area contributed by atoms with Crippen molar-refractivity contribution < 1.29 is 23.1 Å². The normalized spacial score (nSPS) is 19.4. The lowest BCUT2D eigenvalue weighted by Crippen LogP contribution is -2.47. The van der Waals surface area contributed by atoms with Crippen LogP contribution < -0.4 is 16.4 Å². The van der Waals surface area contributed by atoms with Gasteiger partial charge in [-0.05, 0) is 54.3 Å². The van der Waals surface area contributed by atoms with E-state index in [0.29, 0.717) is 61.7 Å². The lowest BCUT2D eigenvalue weighted by atomic mass is 10.00.